The topological polar surface area (TPSA) is 184 Å². The lowest BCUT2D eigenvalue weighted by Crippen LogP contribution is -2.62. The van der Waals surface area contributed by atoms with E-state index in [4.69, 9.17) is 14.5 Å². The first kappa shape index (κ1) is 47.7. The van der Waals surface area contributed by atoms with Crippen molar-refractivity contribution in [3.8, 4) is 34.4 Å². The van der Waals surface area contributed by atoms with Gasteiger partial charge in [-0.05, 0) is 62.1 Å². The largest absolute Gasteiger partial charge is 0.464 e. The summed E-state index contributed by atoms with van der Waals surface area (Å²) in [5.74, 6) is 2.93. The first-order valence-corrected chi connectivity index (χ1v) is 24.3. The van der Waals surface area contributed by atoms with Crippen molar-refractivity contribution in [3.05, 3.63) is 52.9 Å². The summed E-state index contributed by atoms with van der Waals surface area (Å²) >= 11 is 1.40. The Hall–Kier alpha value is -5.74. The highest BCUT2D eigenvalue weighted by Gasteiger charge is 2.40. The number of nitrogens with zero attached hydrogens (tertiary/aromatic N) is 8. The molecule has 8 rings (SSSR count). The van der Waals surface area contributed by atoms with E-state index in [2.05, 4.69) is 81.0 Å². The Kier molecular flexibility index (Phi) is 14.7. The summed E-state index contributed by atoms with van der Waals surface area (Å²) < 4.78 is 13.7. The highest BCUT2D eigenvalue weighted by molar-refractivity contribution is 7.10. The number of hydrogen-bond acceptors (Lipinski definition) is 13. The molecule has 0 spiro atoms. The molecule has 3 fully saturated rings. The number of benzene rings is 1. The van der Waals surface area contributed by atoms with Gasteiger partial charge < -0.3 is 29.2 Å². The summed E-state index contributed by atoms with van der Waals surface area (Å²) in [4.78, 5) is 89.0. The van der Waals surface area contributed by atoms with Crippen molar-refractivity contribution in [2.75, 3.05) is 66.1 Å². The maximum Gasteiger partial charge on any atom is 0.324 e. The van der Waals surface area contributed by atoms with Crippen LogP contribution in [-0.2, 0) is 52.8 Å². The molecule has 7 heterocycles. The number of amides is 4. The van der Waals surface area contributed by atoms with Crippen LogP contribution in [0.4, 0.5) is 0 Å². The van der Waals surface area contributed by atoms with Crippen molar-refractivity contribution in [1.29, 1.82) is 0 Å². The number of likely N-dealkylation sites (N-methyl/N-ethyl adjacent to an activating group) is 1. The molecular weight excluding hydrogens is 873 g/mol. The number of fused-ring (bicyclic) bond motifs is 6. The molecule has 0 aliphatic carbocycles. The van der Waals surface area contributed by atoms with Crippen LogP contribution in [0.5, 0.6) is 0 Å². The predicted octanol–water partition coefficient (Wildman–Crippen LogP) is 3.56. The third-order valence-electron chi connectivity index (χ3n) is 13.2. The second-order valence-corrected chi connectivity index (χ2v) is 20.1. The van der Waals surface area contributed by atoms with E-state index in [0.717, 1.165) is 52.1 Å². The predicted molar refractivity (Wildman–Crippen MR) is 253 cm³/mol. The number of nitrogens with one attached hydrogen (secondary N) is 2. The first-order chi connectivity index (χ1) is 32.2. The van der Waals surface area contributed by atoms with E-state index in [9.17, 15) is 24.0 Å². The number of ether oxygens (including phenoxy) is 2. The molecule has 67 heavy (non-hydrogen) atoms. The number of likely N-dealkylation sites (tertiary alicyclic amines) is 1. The molecule has 17 nitrogen and oxygen atoms in total. The van der Waals surface area contributed by atoms with E-state index < -0.39 is 47.2 Å². The lowest BCUT2D eigenvalue weighted by Gasteiger charge is -2.36. The van der Waals surface area contributed by atoms with Crippen LogP contribution in [0.2, 0.25) is 0 Å². The molecule has 4 aliphatic rings. The Bertz CT molecular complexity index is 2540. The van der Waals surface area contributed by atoms with Gasteiger partial charge in [0.05, 0.1) is 48.7 Å². The molecule has 4 aliphatic heterocycles. The van der Waals surface area contributed by atoms with Crippen LogP contribution < -0.4 is 10.7 Å². The minimum Gasteiger partial charge on any atom is -0.464 e. The number of thiazole rings is 1. The third kappa shape index (κ3) is 10.7. The number of rotatable bonds is 8. The zero-order chi connectivity index (χ0) is 47.4. The quantitative estimate of drug-likeness (QED) is 0.194. The SMILES string of the molecule is CCn1c(-c2cncnc2)c2c3cc(ccc31)-c1csc(n1)C[C@H](NC(=O)C(C(C)C)N(C)C(=O)[C@H]1CCN(C(=O)C#CCN3CCOCC3)C1)C(=O)N1CCC[C@H](N1)C(=O)OCC(C)(C)C2. The minimum atomic E-state index is -1.09. The lowest BCUT2D eigenvalue weighted by molar-refractivity contribution is -0.155. The van der Waals surface area contributed by atoms with Crippen molar-refractivity contribution in [2.24, 2.45) is 17.3 Å². The fourth-order valence-electron chi connectivity index (χ4n) is 9.77. The summed E-state index contributed by atoms with van der Waals surface area (Å²) in [5, 5.41) is 8.09. The zero-order valence-corrected chi connectivity index (χ0v) is 40.2. The van der Waals surface area contributed by atoms with E-state index >= 15 is 0 Å². The number of hydrogen-bond donors (Lipinski definition) is 2. The third-order valence-corrected chi connectivity index (χ3v) is 14.1. The molecule has 18 heteroatoms. The van der Waals surface area contributed by atoms with Crippen molar-refractivity contribution in [1.82, 2.24) is 50.0 Å². The molecule has 0 saturated carbocycles. The van der Waals surface area contributed by atoms with Crippen molar-refractivity contribution >= 4 is 51.8 Å². The van der Waals surface area contributed by atoms with Crippen LogP contribution in [0, 0.1) is 29.1 Å². The molecule has 1 unspecified atom stereocenters. The average molecular weight is 935 g/mol. The van der Waals surface area contributed by atoms with Crippen LogP contribution in [0.3, 0.4) is 0 Å². The molecule has 6 bridgehead atoms. The van der Waals surface area contributed by atoms with Crippen molar-refractivity contribution in [3.63, 3.8) is 0 Å². The Morgan fingerprint density at radius 3 is 2.58 bits per heavy atom. The van der Waals surface area contributed by atoms with Crippen LogP contribution in [-0.4, -0.2) is 153 Å². The number of carbonyl (C=O) groups excluding carboxylic acids is 5. The maximum atomic E-state index is 14.6. The molecule has 1 aromatic carbocycles. The van der Waals surface area contributed by atoms with Gasteiger partial charge in [0, 0.05) is 98.0 Å². The number of hydrazine groups is 1. The number of carbonyl (C=O) groups is 5. The number of aryl methyl sites for hydroxylation is 1. The van der Waals surface area contributed by atoms with Crippen LogP contribution in [0.15, 0.2) is 42.3 Å². The van der Waals surface area contributed by atoms with Gasteiger partial charge in [0.15, 0.2) is 0 Å². The summed E-state index contributed by atoms with van der Waals surface area (Å²) in [6, 6.07) is 3.51. The lowest BCUT2D eigenvalue weighted by atomic mass is 9.84. The van der Waals surface area contributed by atoms with Gasteiger partial charge in [-0.1, -0.05) is 39.7 Å². The Morgan fingerprint density at radius 1 is 1.06 bits per heavy atom. The average Bonchev–Trinajstić information content (AvgIpc) is 4.09. The number of aromatic nitrogens is 4. The van der Waals surface area contributed by atoms with Gasteiger partial charge in [0.1, 0.15) is 24.5 Å². The highest BCUT2D eigenvalue weighted by atomic mass is 32.1. The van der Waals surface area contributed by atoms with Crippen LogP contribution in [0.25, 0.3) is 33.4 Å². The Morgan fingerprint density at radius 2 is 1.84 bits per heavy atom. The molecule has 4 atom stereocenters. The Balaban J connectivity index is 1.06. The van der Waals surface area contributed by atoms with Gasteiger partial charge in [-0.3, -0.25) is 33.9 Å². The molecule has 4 amide bonds. The molecule has 3 saturated heterocycles. The normalized spacial score (nSPS) is 21.9. The molecular formula is C49H62N10O7S. The van der Waals surface area contributed by atoms with E-state index in [1.807, 2.05) is 31.6 Å². The van der Waals surface area contributed by atoms with Crippen molar-refractivity contribution in [2.45, 2.75) is 91.4 Å². The fourth-order valence-corrected chi connectivity index (χ4v) is 10.6. The minimum absolute atomic E-state index is 0.0727. The van der Waals surface area contributed by atoms with Crippen LogP contribution in [0.1, 0.15) is 64.5 Å². The summed E-state index contributed by atoms with van der Waals surface area (Å²) in [5.41, 5.74) is 8.31. The van der Waals surface area contributed by atoms with Gasteiger partial charge >= 0.3 is 5.97 Å². The smallest absolute Gasteiger partial charge is 0.324 e. The molecule has 0 radical (unpaired) electrons. The number of cyclic esters (lactones) is 1. The summed E-state index contributed by atoms with van der Waals surface area (Å²) in [6.07, 6.45) is 7.28. The zero-order valence-electron chi connectivity index (χ0n) is 39.4. The van der Waals surface area contributed by atoms with E-state index in [0.29, 0.717) is 70.1 Å². The van der Waals surface area contributed by atoms with Crippen molar-refractivity contribution < 1.29 is 33.4 Å². The van der Waals surface area contributed by atoms with Gasteiger partial charge in [-0.25, -0.2) is 20.4 Å². The van der Waals surface area contributed by atoms with Gasteiger partial charge in [0.25, 0.3) is 11.8 Å². The number of esters is 1. The fraction of sp³-hybridized carbons (Fsp3) is 0.551. The van der Waals surface area contributed by atoms with E-state index in [1.165, 1.54) is 27.6 Å². The Labute approximate surface area is 395 Å². The summed E-state index contributed by atoms with van der Waals surface area (Å²) in [6.45, 7) is 15.0. The molecule has 3 aromatic heterocycles. The van der Waals surface area contributed by atoms with Gasteiger partial charge in [-0.2, -0.15) is 0 Å². The first-order valence-electron chi connectivity index (χ1n) is 23.5. The van der Waals surface area contributed by atoms with Gasteiger partial charge in [0.2, 0.25) is 11.8 Å². The second kappa shape index (κ2) is 20.6. The molecule has 356 valence electrons. The van der Waals surface area contributed by atoms with Gasteiger partial charge in [-0.15, -0.1) is 11.3 Å². The molecule has 4 aromatic rings. The van der Waals surface area contributed by atoms with E-state index in [1.54, 1.807) is 11.9 Å². The number of morpholine rings is 1. The highest BCUT2D eigenvalue weighted by Crippen LogP contribution is 2.40. The summed E-state index contributed by atoms with van der Waals surface area (Å²) in [7, 11) is 1.61. The molecule has 2 N–H and O–H groups in total. The monoisotopic (exact) mass is 934 g/mol. The second-order valence-electron chi connectivity index (χ2n) is 19.1. The van der Waals surface area contributed by atoms with E-state index in [-0.39, 0.29) is 37.3 Å². The maximum absolute atomic E-state index is 14.6. The van der Waals surface area contributed by atoms with Crippen LogP contribution >= 0.6 is 11.3 Å². The standard InChI is InChI=1S/C49H62N10O7S/c1-7-58-40-13-12-32-22-35(40)36(44(58)34-25-50-30-51-26-34)24-49(4,5)29-66-48(64)37-10-8-16-59(54-37)47(63)38(23-41-52-39(32)28-67-41)53-45(61)43(31(2)3)55(6)46(62)33-14-17-57(27-33)42(60)11-9-15-56-18-20-65-21-19-56/h12-13,22,25-26,28,30-31,33,37-38,43,54H,7-8,10,14-21,23-24,27,29H2,1-6H3,(H,53,61)/t33-,37-,38-,43?/m0/s1.